The molecule has 0 bridgehead atoms. The summed E-state index contributed by atoms with van der Waals surface area (Å²) in [5, 5.41) is 3.97. The maximum atomic E-state index is 12.9. The number of nitrogens with one attached hydrogen (secondary N) is 2. The van der Waals surface area contributed by atoms with E-state index >= 15 is 0 Å². The molecule has 1 aromatic heterocycles. The molecule has 0 spiro atoms. The Morgan fingerprint density at radius 3 is 2.55 bits per heavy atom. The van der Waals surface area contributed by atoms with E-state index in [9.17, 15) is 14.4 Å². The molecule has 3 aromatic rings. The Kier molecular flexibility index (Phi) is 5.16. The number of H-pyrrole nitrogens is 1. The standard InChI is InChI=1S/C23H23N3O3/c1-15(27)16-6-8-20(9-7-16)25-22(28)19-3-2-12-26(14-19)23(29)18-5-4-17-10-11-24-21(17)13-18/h4-11,13,19,24H,2-3,12,14H2,1H3,(H,25,28). The molecule has 2 amide bonds. The van der Waals surface area contributed by atoms with Crippen LogP contribution < -0.4 is 5.32 Å². The summed E-state index contributed by atoms with van der Waals surface area (Å²) in [7, 11) is 0. The van der Waals surface area contributed by atoms with Crippen molar-refractivity contribution in [2.75, 3.05) is 18.4 Å². The van der Waals surface area contributed by atoms with Crippen molar-refractivity contribution in [3.8, 4) is 0 Å². The molecule has 1 aliphatic heterocycles. The van der Waals surface area contributed by atoms with E-state index in [0.29, 0.717) is 29.9 Å². The number of amides is 2. The number of hydrogen-bond acceptors (Lipinski definition) is 3. The number of carbonyl (C=O) groups excluding carboxylic acids is 3. The Labute approximate surface area is 168 Å². The zero-order valence-electron chi connectivity index (χ0n) is 16.3. The van der Waals surface area contributed by atoms with Gasteiger partial charge in [-0.2, -0.15) is 0 Å². The van der Waals surface area contributed by atoms with Gasteiger partial charge < -0.3 is 15.2 Å². The van der Waals surface area contributed by atoms with E-state index in [1.807, 2.05) is 30.5 Å². The average Bonchev–Trinajstić information content (AvgIpc) is 3.21. The summed E-state index contributed by atoms with van der Waals surface area (Å²) in [4.78, 5) is 41.9. The Hall–Kier alpha value is -3.41. The van der Waals surface area contributed by atoms with Crippen LogP contribution in [0.5, 0.6) is 0 Å². The van der Waals surface area contributed by atoms with Crippen molar-refractivity contribution >= 4 is 34.2 Å². The zero-order chi connectivity index (χ0) is 20.4. The lowest BCUT2D eigenvalue weighted by Gasteiger charge is -2.32. The van der Waals surface area contributed by atoms with Crippen molar-refractivity contribution in [3.63, 3.8) is 0 Å². The molecule has 2 aromatic carbocycles. The third-order valence-corrected chi connectivity index (χ3v) is 5.44. The van der Waals surface area contributed by atoms with Crippen molar-refractivity contribution in [1.29, 1.82) is 0 Å². The number of hydrogen-bond donors (Lipinski definition) is 2. The molecule has 2 N–H and O–H groups in total. The lowest BCUT2D eigenvalue weighted by atomic mass is 9.96. The van der Waals surface area contributed by atoms with Gasteiger partial charge in [0.2, 0.25) is 5.91 Å². The quantitative estimate of drug-likeness (QED) is 0.665. The molecule has 1 unspecified atom stereocenters. The van der Waals surface area contributed by atoms with Gasteiger partial charge in [-0.15, -0.1) is 0 Å². The Morgan fingerprint density at radius 2 is 1.79 bits per heavy atom. The number of fused-ring (bicyclic) bond motifs is 1. The van der Waals surface area contributed by atoms with Gasteiger partial charge >= 0.3 is 0 Å². The van der Waals surface area contributed by atoms with Gasteiger partial charge in [-0.25, -0.2) is 0 Å². The number of likely N-dealkylation sites (tertiary alicyclic amines) is 1. The van der Waals surface area contributed by atoms with E-state index < -0.39 is 0 Å². The van der Waals surface area contributed by atoms with E-state index in [0.717, 1.165) is 23.7 Å². The first-order chi connectivity index (χ1) is 14.0. The lowest BCUT2D eigenvalue weighted by molar-refractivity contribution is -0.121. The van der Waals surface area contributed by atoms with Crippen LogP contribution in [0, 0.1) is 5.92 Å². The van der Waals surface area contributed by atoms with Gasteiger partial charge in [0, 0.05) is 41.6 Å². The van der Waals surface area contributed by atoms with Gasteiger partial charge in [0.25, 0.3) is 5.91 Å². The Morgan fingerprint density at radius 1 is 1.03 bits per heavy atom. The number of carbonyl (C=O) groups is 3. The minimum absolute atomic E-state index is 0.0122. The summed E-state index contributed by atoms with van der Waals surface area (Å²) in [6.45, 7) is 2.56. The van der Waals surface area contributed by atoms with Crippen molar-refractivity contribution in [1.82, 2.24) is 9.88 Å². The number of ketones is 1. The largest absolute Gasteiger partial charge is 0.361 e. The molecule has 6 nitrogen and oxygen atoms in total. The van der Waals surface area contributed by atoms with E-state index in [1.54, 1.807) is 29.2 Å². The molecule has 0 aliphatic carbocycles. The summed E-state index contributed by atoms with van der Waals surface area (Å²) in [5.74, 6) is -0.418. The fourth-order valence-corrected chi connectivity index (χ4v) is 3.77. The molecule has 2 heterocycles. The third kappa shape index (κ3) is 4.06. The zero-order valence-corrected chi connectivity index (χ0v) is 16.3. The monoisotopic (exact) mass is 389 g/mol. The molecule has 6 heteroatoms. The number of piperidine rings is 1. The second-order valence-electron chi connectivity index (χ2n) is 7.49. The van der Waals surface area contributed by atoms with Gasteiger partial charge in [0.05, 0.1) is 5.92 Å². The van der Waals surface area contributed by atoms with Crippen LogP contribution in [0.1, 0.15) is 40.5 Å². The molecule has 4 rings (SSSR count). The molecule has 148 valence electrons. The number of Topliss-reactive ketones (excluding diaryl/α,β-unsaturated/α-hetero) is 1. The van der Waals surface area contributed by atoms with Crippen LogP contribution in [0.2, 0.25) is 0 Å². The minimum atomic E-state index is -0.255. The number of aromatic nitrogens is 1. The van der Waals surface area contributed by atoms with Crippen molar-refractivity contribution in [2.45, 2.75) is 19.8 Å². The van der Waals surface area contributed by atoms with Crippen molar-refractivity contribution in [3.05, 3.63) is 65.9 Å². The summed E-state index contributed by atoms with van der Waals surface area (Å²) in [5.41, 5.74) is 2.81. The van der Waals surface area contributed by atoms with Gasteiger partial charge in [-0.1, -0.05) is 6.07 Å². The van der Waals surface area contributed by atoms with E-state index in [1.165, 1.54) is 6.92 Å². The van der Waals surface area contributed by atoms with Crippen LogP contribution in [0.15, 0.2) is 54.7 Å². The fourth-order valence-electron chi connectivity index (χ4n) is 3.77. The molecular weight excluding hydrogens is 366 g/mol. The average molecular weight is 389 g/mol. The van der Waals surface area contributed by atoms with Gasteiger partial charge in [-0.3, -0.25) is 14.4 Å². The van der Waals surface area contributed by atoms with Crippen LogP contribution >= 0.6 is 0 Å². The van der Waals surface area contributed by atoms with E-state index in [4.69, 9.17) is 0 Å². The SMILES string of the molecule is CC(=O)c1ccc(NC(=O)C2CCCN(C(=O)c3ccc4cc[nH]c4c3)C2)cc1. The van der Waals surface area contributed by atoms with Crippen LogP contribution in [-0.2, 0) is 4.79 Å². The maximum absolute atomic E-state index is 12.9. The van der Waals surface area contributed by atoms with Crippen LogP contribution in [0.25, 0.3) is 10.9 Å². The highest BCUT2D eigenvalue weighted by atomic mass is 16.2. The smallest absolute Gasteiger partial charge is 0.253 e. The highest BCUT2D eigenvalue weighted by Crippen LogP contribution is 2.22. The summed E-state index contributed by atoms with van der Waals surface area (Å²) >= 11 is 0. The Bertz CT molecular complexity index is 1070. The number of benzene rings is 2. The normalized spacial score (nSPS) is 16.6. The maximum Gasteiger partial charge on any atom is 0.253 e. The minimum Gasteiger partial charge on any atom is -0.361 e. The molecular formula is C23H23N3O3. The van der Waals surface area contributed by atoms with Crippen LogP contribution in [0.3, 0.4) is 0 Å². The van der Waals surface area contributed by atoms with Gasteiger partial charge in [-0.05, 0) is 67.6 Å². The summed E-state index contributed by atoms with van der Waals surface area (Å²) < 4.78 is 0. The summed E-state index contributed by atoms with van der Waals surface area (Å²) in [6.07, 6.45) is 3.39. The molecule has 1 saturated heterocycles. The second kappa shape index (κ2) is 7.91. The van der Waals surface area contributed by atoms with Crippen LogP contribution in [-0.4, -0.2) is 40.6 Å². The first kappa shape index (κ1) is 18.9. The lowest BCUT2D eigenvalue weighted by Crippen LogP contribution is -2.43. The predicted molar refractivity (Wildman–Crippen MR) is 112 cm³/mol. The van der Waals surface area contributed by atoms with E-state index in [-0.39, 0.29) is 23.5 Å². The van der Waals surface area contributed by atoms with Crippen LogP contribution in [0.4, 0.5) is 5.69 Å². The topological polar surface area (TPSA) is 82.3 Å². The molecule has 1 aliphatic rings. The number of anilines is 1. The van der Waals surface area contributed by atoms with Crippen molar-refractivity contribution < 1.29 is 14.4 Å². The number of nitrogens with zero attached hydrogens (tertiary/aromatic N) is 1. The highest BCUT2D eigenvalue weighted by molar-refractivity contribution is 5.99. The fraction of sp³-hybridized carbons (Fsp3) is 0.261. The third-order valence-electron chi connectivity index (χ3n) is 5.44. The van der Waals surface area contributed by atoms with Crippen molar-refractivity contribution in [2.24, 2.45) is 5.92 Å². The molecule has 1 fully saturated rings. The molecule has 0 radical (unpaired) electrons. The molecule has 1 atom stereocenters. The molecule has 29 heavy (non-hydrogen) atoms. The second-order valence-corrected chi connectivity index (χ2v) is 7.49. The number of rotatable bonds is 4. The van der Waals surface area contributed by atoms with Gasteiger partial charge in [0.15, 0.2) is 5.78 Å². The predicted octanol–water partition coefficient (Wildman–Crippen LogP) is 3.86. The van der Waals surface area contributed by atoms with Gasteiger partial charge in [0.1, 0.15) is 0 Å². The first-order valence-electron chi connectivity index (χ1n) is 9.79. The Balaban J connectivity index is 1.42. The van der Waals surface area contributed by atoms with E-state index in [2.05, 4.69) is 10.3 Å². The number of aromatic amines is 1. The first-order valence-corrected chi connectivity index (χ1v) is 9.79. The molecule has 0 saturated carbocycles. The highest BCUT2D eigenvalue weighted by Gasteiger charge is 2.29. The summed E-state index contributed by atoms with van der Waals surface area (Å²) in [6, 6.07) is 14.4.